The van der Waals surface area contributed by atoms with Crippen LogP contribution < -0.4 is 14.9 Å². The van der Waals surface area contributed by atoms with Gasteiger partial charge in [-0.25, -0.2) is 5.43 Å². The van der Waals surface area contributed by atoms with E-state index in [0.29, 0.717) is 42.2 Å². The SMILES string of the molecule is COc1cc(/C=N\NC(=O)c2ccccc2Cl)cc(Br)c1OCc1ccc(Cl)cc1Cl. The molecular weight excluding hydrogens is 527 g/mol. The van der Waals surface area contributed by atoms with Gasteiger partial charge < -0.3 is 9.47 Å². The van der Waals surface area contributed by atoms with Crippen LogP contribution in [0, 0.1) is 0 Å². The van der Waals surface area contributed by atoms with Crippen molar-refractivity contribution in [1.82, 2.24) is 5.43 Å². The molecule has 31 heavy (non-hydrogen) atoms. The summed E-state index contributed by atoms with van der Waals surface area (Å²) >= 11 is 21.6. The van der Waals surface area contributed by atoms with E-state index in [4.69, 9.17) is 44.3 Å². The highest BCUT2D eigenvalue weighted by Crippen LogP contribution is 2.37. The fourth-order valence-electron chi connectivity index (χ4n) is 2.61. The van der Waals surface area contributed by atoms with E-state index >= 15 is 0 Å². The number of halogens is 4. The monoisotopic (exact) mass is 540 g/mol. The molecule has 0 heterocycles. The van der Waals surface area contributed by atoms with Crippen LogP contribution >= 0.6 is 50.7 Å². The predicted molar refractivity (Wildman–Crippen MR) is 128 cm³/mol. The van der Waals surface area contributed by atoms with Crippen LogP contribution in [0.25, 0.3) is 0 Å². The molecule has 1 amide bonds. The van der Waals surface area contributed by atoms with Gasteiger partial charge in [0.05, 0.1) is 28.4 Å². The molecule has 3 aromatic carbocycles. The van der Waals surface area contributed by atoms with E-state index in [2.05, 4.69) is 26.5 Å². The molecule has 160 valence electrons. The Kier molecular flexibility index (Phi) is 8.21. The Bertz CT molecular complexity index is 1140. The van der Waals surface area contributed by atoms with Crippen LogP contribution in [-0.4, -0.2) is 19.2 Å². The first-order chi connectivity index (χ1) is 14.9. The van der Waals surface area contributed by atoms with E-state index in [1.807, 2.05) is 0 Å². The summed E-state index contributed by atoms with van der Waals surface area (Å²) in [6.45, 7) is 0.228. The molecule has 0 fully saturated rings. The fraction of sp³-hybridized carbons (Fsp3) is 0.0909. The van der Waals surface area contributed by atoms with E-state index in [1.165, 1.54) is 13.3 Å². The Morgan fingerprint density at radius 3 is 2.58 bits per heavy atom. The second-order valence-corrected chi connectivity index (χ2v) is 8.34. The third kappa shape index (κ3) is 6.14. The number of benzene rings is 3. The van der Waals surface area contributed by atoms with Crippen molar-refractivity contribution in [3.05, 3.63) is 90.8 Å². The van der Waals surface area contributed by atoms with Gasteiger partial charge in [-0.1, -0.05) is 53.0 Å². The van der Waals surface area contributed by atoms with Crippen LogP contribution in [0.3, 0.4) is 0 Å². The van der Waals surface area contributed by atoms with Gasteiger partial charge >= 0.3 is 0 Å². The number of hydrogen-bond donors (Lipinski definition) is 1. The summed E-state index contributed by atoms with van der Waals surface area (Å²) in [5.74, 6) is 0.580. The number of amides is 1. The second-order valence-electron chi connectivity index (χ2n) is 6.24. The summed E-state index contributed by atoms with van der Waals surface area (Å²) in [6.07, 6.45) is 1.49. The largest absolute Gasteiger partial charge is 0.493 e. The van der Waals surface area contributed by atoms with Crippen LogP contribution in [0.5, 0.6) is 11.5 Å². The summed E-state index contributed by atoms with van der Waals surface area (Å²) < 4.78 is 12.0. The van der Waals surface area contributed by atoms with Crippen LogP contribution in [0.15, 0.2) is 64.2 Å². The maximum absolute atomic E-state index is 12.2. The number of nitrogens with zero attached hydrogens (tertiary/aromatic N) is 1. The highest BCUT2D eigenvalue weighted by atomic mass is 79.9. The summed E-state index contributed by atoms with van der Waals surface area (Å²) in [5.41, 5.74) is 4.25. The molecule has 3 rings (SSSR count). The number of rotatable bonds is 7. The highest BCUT2D eigenvalue weighted by Gasteiger charge is 2.13. The van der Waals surface area contributed by atoms with Gasteiger partial charge in [0, 0.05) is 15.6 Å². The lowest BCUT2D eigenvalue weighted by Gasteiger charge is -2.14. The maximum Gasteiger partial charge on any atom is 0.272 e. The zero-order valence-corrected chi connectivity index (χ0v) is 20.0. The average Bonchev–Trinajstić information content (AvgIpc) is 2.74. The van der Waals surface area contributed by atoms with Gasteiger partial charge in [0.25, 0.3) is 5.91 Å². The topological polar surface area (TPSA) is 59.9 Å². The van der Waals surface area contributed by atoms with E-state index in [-0.39, 0.29) is 6.61 Å². The van der Waals surface area contributed by atoms with Crippen LogP contribution in [0.2, 0.25) is 15.1 Å². The van der Waals surface area contributed by atoms with Crippen molar-refractivity contribution in [1.29, 1.82) is 0 Å². The van der Waals surface area contributed by atoms with Gasteiger partial charge in [-0.2, -0.15) is 5.10 Å². The predicted octanol–water partition coefficient (Wildman–Crippen LogP) is 6.76. The highest BCUT2D eigenvalue weighted by molar-refractivity contribution is 9.10. The Labute approximate surface area is 203 Å². The summed E-state index contributed by atoms with van der Waals surface area (Å²) in [4.78, 5) is 12.2. The Hall–Kier alpha value is -2.25. The number of nitrogens with one attached hydrogen (secondary N) is 1. The number of carbonyl (C=O) groups is 1. The molecule has 0 radical (unpaired) electrons. The second kappa shape index (κ2) is 10.9. The van der Waals surface area contributed by atoms with Gasteiger partial charge in [0.2, 0.25) is 0 Å². The number of hydrogen-bond acceptors (Lipinski definition) is 4. The van der Waals surface area contributed by atoms with Gasteiger partial charge in [0.1, 0.15) is 6.61 Å². The molecule has 9 heteroatoms. The molecule has 0 bridgehead atoms. The zero-order chi connectivity index (χ0) is 22.4. The Balaban J connectivity index is 1.72. The molecule has 0 saturated heterocycles. The number of methoxy groups -OCH3 is 1. The van der Waals surface area contributed by atoms with Crippen molar-refractivity contribution in [2.45, 2.75) is 6.61 Å². The van der Waals surface area contributed by atoms with Crippen molar-refractivity contribution in [3.63, 3.8) is 0 Å². The van der Waals surface area contributed by atoms with Crippen molar-refractivity contribution in [3.8, 4) is 11.5 Å². The minimum atomic E-state index is -0.410. The smallest absolute Gasteiger partial charge is 0.272 e. The maximum atomic E-state index is 12.2. The summed E-state index contributed by atoms with van der Waals surface area (Å²) in [5, 5.41) is 5.41. The van der Waals surface area contributed by atoms with E-state index in [9.17, 15) is 4.79 Å². The molecule has 3 aromatic rings. The standard InChI is InChI=1S/C22H16BrCl3N2O3/c1-30-20-9-13(11-27-28-22(29)16-4-2-3-5-18(16)25)8-17(23)21(20)31-12-14-6-7-15(24)10-19(14)26/h2-11H,12H2,1H3,(H,28,29)/b27-11-. The first-order valence-electron chi connectivity index (χ1n) is 8.91. The lowest BCUT2D eigenvalue weighted by molar-refractivity contribution is 0.0955. The zero-order valence-electron chi connectivity index (χ0n) is 16.2. The van der Waals surface area contributed by atoms with Gasteiger partial charge in [0.15, 0.2) is 11.5 Å². The third-order valence-corrected chi connectivity index (χ3v) is 5.64. The Morgan fingerprint density at radius 2 is 1.87 bits per heavy atom. The number of ether oxygens (including phenoxy) is 2. The fourth-order valence-corrected chi connectivity index (χ4v) is 3.87. The minimum absolute atomic E-state index is 0.228. The molecule has 1 N–H and O–H groups in total. The average molecular weight is 543 g/mol. The lowest BCUT2D eigenvalue weighted by atomic mass is 10.2. The van der Waals surface area contributed by atoms with Crippen LogP contribution in [-0.2, 0) is 6.61 Å². The van der Waals surface area contributed by atoms with Crippen LogP contribution in [0.1, 0.15) is 21.5 Å². The first-order valence-corrected chi connectivity index (χ1v) is 10.8. The summed E-state index contributed by atoms with van der Waals surface area (Å²) in [7, 11) is 1.53. The van der Waals surface area contributed by atoms with E-state index in [0.717, 1.165) is 5.56 Å². The van der Waals surface area contributed by atoms with Crippen LogP contribution in [0.4, 0.5) is 0 Å². The van der Waals surface area contributed by atoms with Crippen molar-refractivity contribution < 1.29 is 14.3 Å². The van der Waals surface area contributed by atoms with Gasteiger partial charge in [-0.05, 0) is 57.9 Å². The molecule has 0 saturated carbocycles. The molecular formula is C22H16BrCl3N2O3. The summed E-state index contributed by atoms with van der Waals surface area (Å²) in [6, 6.07) is 15.4. The lowest BCUT2D eigenvalue weighted by Crippen LogP contribution is -2.17. The van der Waals surface area contributed by atoms with E-state index in [1.54, 1.807) is 54.6 Å². The third-order valence-electron chi connectivity index (χ3n) is 4.14. The molecule has 0 atom stereocenters. The molecule has 0 aliphatic rings. The van der Waals surface area contributed by atoms with Gasteiger partial charge in [-0.15, -0.1) is 0 Å². The molecule has 0 aliphatic heterocycles. The minimum Gasteiger partial charge on any atom is -0.493 e. The Morgan fingerprint density at radius 1 is 1.10 bits per heavy atom. The molecule has 0 spiro atoms. The number of carbonyl (C=O) groups excluding carboxylic acids is 1. The quantitative estimate of drug-likeness (QED) is 0.265. The van der Waals surface area contributed by atoms with Gasteiger partial charge in [-0.3, -0.25) is 4.79 Å². The van der Waals surface area contributed by atoms with Crippen molar-refractivity contribution in [2.75, 3.05) is 7.11 Å². The number of hydrazone groups is 1. The van der Waals surface area contributed by atoms with Crippen molar-refractivity contribution in [2.24, 2.45) is 5.10 Å². The molecule has 0 aromatic heterocycles. The molecule has 0 aliphatic carbocycles. The van der Waals surface area contributed by atoms with E-state index < -0.39 is 5.91 Å². The van der Waals surface area contributed by atoms with Crippen molar-refractivity contribution >= 4 is 62.9 Å². The normalized spacial score (nSPS) is 10.9. The first kappa shape index (κ1) is 23.4. The molecule has 0 unspecified atom stereocenters. The molecule has 5 nitrogen and oxygen atoms in total.